The molecule has 2 rings (SSSR count). The first-order valence-corrected chi connectivity index (χ1v) is 10.4. The lowest BCUT2D eigenvalue weighted by molar-refractivity contribution is -0.152. The van der Waals surface area contributed by atoms with Crippen LogP contribution in [-0.2, 0) is 23.9 Å². The summed E-state index contributed by atoms with van der Waals surface area (Å²) in [5.41, 5.74) is -0.323. The van der Waals surface area contributed by atoms with Gasteiger partial charge in [-0.15, -0.1) is 0 Å². The Bertz CT molecular complexity index is 813. The van der Waals surface area contributed by atoms with E-state index in [2.05, 4.69) is 0 Å². The molecule has 3 atom stereocenters. The first kappa shape index (κ1) is 24.5. The molecular formula is C23H30FNO6. The van der Waals surface area contributed by atoms with Gasteiger partial charge in [-0.2, -0.15) is 0 Å². The molecule has 0 saturated carbocycles. The van der Waals surface area contributed by atoms with E-state index < -0.39 is 47.1 Å². The van der Waals surface area contributed by atoms with Crippen LogP contribution in [0, 0.1) is 17.7 Å². The van der Waals surface area contributed by atoms with Gasteiger partial charge in [0.25, 0.3) is 0 Å². The number of Topliss-reactive ketones (excluding diaryl/α,β-unsaturated/α-hetero) is 1. The number of ketones is 1. The highest BCUT2D eigenvalue weighted by atomic mass is 19.1. The maximum atomic E-state index is 13.6. The molecule has 1 aromatic carbocycles. The van der Waals surface area contributed by atoms with Gasteiger partial charge in [0.15, 0.2) is 0 Å². The molecular weight excluding hydrogens is 405 g/mol. The maximum Gasteiger partial charge on any atom is 0.417 e. The summed E-state index contributed by atoms with van der Waals surface area (Å²) in [6.07, 6.45) is 0.150. The van der Waals surface area contributed by atoms with E-state index in [0.717, 1.165) is 4.90 Å². The minimum absolute atomic E-state index is 0.0636. The Morgan fingerprint density at radius 1 is 1.19 bits per heavy atom. The second-order valence-corrected chi connectivity index (χ2v) is 8.62. The van der Waals surface area contributed by atoms with Crippen molar-refractivity contribution in [1.29, 1.82) is 0 Å². The van der Waals surface area contributed by atoms with Gasteiger partial charge in [-0.1, -0.05) is 19.1 Å². The van der Waals surface area contributed by atoms with Crippen LogP contribution in [0.4, 0.5) is 9.18 Å². The number of amides is 2. The Morgan fingerprint density at radius 3 is 2.32 bits per heavy atom. The van der Waals surface area contributed by atoms with E-state index in [1.54, 1.807) is 27.7 Å². The van der Waals surface area contributed by atoms with Crippen LogP contribution in [0.1, 0.15) is 58.4 Å². The molecule has 1 saturated heterocycles. The van der Waals surface area contributed by atoms with E-state index in [-0.39, 0.29) is 18.7 Å². The Balaban J connectivity index is 2.50. The molecule has 0 radical (unpaired) electrons. The fourth-order valence-corrected chi connectivity index (χ4v) is 3.90. The highest BCUT2D eigenvalue weighted by Crippen LogP contribution is 2.40. The van der Waals surface area contributed by atoms with Crippen LogP contribution in [0.3, 0.4) is 0 Å². The number of piperidine rings is 1. The third-order valence-corrected chi connectivity index (χ3v) is 5.29. The van der Waals surface area contributed by atoms with Gasteiger partial charge in [0.2, 0.25) is 5.91 Å². The normalized spacial score (nSPS) is 18.8. The minimum atomic E-state index is -1.24. The number of hydrogen-bond acceptors (Lipinski definition) is 6. The van der Waals surface area contributed by atoms with Crippen LogP contribution in [0.5, 0.6) is 0 Å². The van der Waals surface area contributed by atoms with Crippen molar-refractivity contribution in [3.63, 3.8) is 0 Å². The summed E-state index contributed by atoms with van der Waals surface area (Å²) in [6.45, 7) is 6.91. The molecule has 1 aromatic rings. The highest BCUT2D eigenvalue weighted by Gasteiger charge is 2.46. The third kappa shape index (κ3) is 5.89. The molecule has 3 unspecified atom stereocenters. The van der Waals surface area contributed by atoms with Gasteiger partial charge < -0.3 is 9.47 Å². The van der Waals surface area contributed by atoms with Gasteiger partial charge in [0.1, 0.15) is 23.1 Å². The van der Waals surface area contributed by atoms with Crippen molar-refractivity contribution in [3.8, 4) is 0 Å². The first-order chi connectivity index (χ1) is 14.5. The maximum absolute atomic E-state index is 13.6. The molecule has 0 spiro atoms. The molecule has 1 aliphatic heterocycles. The largest absolute Gasteiger partial charge is 0.468 e. The number of ether oxygens (including phenoxy) is 2. The Morgan fingerprint density at radius 2 is 1.81 bits per heavy atom. The number of rotatable bonds is 6. The SMILES string of the molecule is CCC(=O)C(C(=O)OC)C(c1ccc(F)cc1)C1CCCN(C(=O)OC(C)(C)C)C1=O. The van der Waals surface area contributed by atoms with Crippen LogP contribution in [-0.4, -0.2) is 47.9 Å². The van der Waals surface area contributed by atoms with E-state index >= 15 is 0 Å². The number of methoxy groups -OCH3 is 1. The smallest absolute Gasteiger partial charge is 0.417 e. The van der Waals surface area contributed by atoms with E-state index in [9.17, 15) is 23.6 Å². The molecule has 31 heavy (non-hydrogen) atoms. The summed E-state index contributed by atoms with van der Waals surface area (Å²) in [6, 6.07) is 5.34. The number of benzene rings is 1. The van der Waals surface area contributed by atoms with Crippen molar-refractivity contribution in [3.05, 3.63) is 35.6 Å². The molecule has 0 N–H and O–H groups in total. The minimum Gasteiger partial charge on any atom is -0.468 e. The molecule has 170 valence electrons. The summed E-state index contributed by atoms with van der Waals surface area (Å²) >= 11 is 0. The molecule has 0 aliphatic carbocycles. The summed E-state index contributed by atoms with van der Waals surface area (Å²) < 4.78 is 23.8. The van der Waals surface area contributed by atoms with Crippen LogP contribution in [0.15, 0.2) is 24.3 Å². The first-order valence-electron chi connectivity index (χ1n) is 10.4. The lowest BCUT2D eigenvalue weighted by atomic mass is 9.71. The Labute approximate surface area is 181 Å². The lowest BCUT2D eigenvalue weighted by Gasteiger charge is -2.38. The van der Waals surface area contributed by atoms with E-state index in [1.807, 2.05) is 0 Å². The average molecular weight is 435 g/mol. The van der Waals surface area contributed by atoms with Crippen molar-refractivity contribution >= 4 is 23.8 Å². The summed E-state index contributed by atoms with van der Waals surface area (Å²) in [7, 11) is 1.18. The predicted molar refractivity (Wildman–Crippen MR) is 111 cm³/mol. The highest BCUT2D eigenvalue weighted by molar-refractivity contribution is 6.01. The number of nitrogens with zero attached hydrogens (tertiary/aromatic N) is 1. The molecule has 0 bridgehead atoms. The number of imide groups is 1. The van der Waals surface area contributed by atoms with Crippen molar-refractivity contribution in [2.24, 2.45) is 11.8 Å². The van der Waals surface area contributed by atoms with Crippen LogP contribution >= 0.6 is 0 Å². The number of halogens is 1. The number of hydrogen-bond donors (Lipinski definition) is 0. The van der Waals surface area contributed by atoms with Crippen molar-refractivity contribution in [2.45, 2.75) is 58.5 Å². The number of carbonyl (C=O) groups is 4. The molecule has 7 nitrogen and oxygen atoms in total. The lowest BCUT2D eigenvalue weighted by Crippen LogP contribution is -2.50. The van der Waals surface area contributed by atoms with Crippen molar-refractivity contribution < 1.29 is 33.0 Å². The van der Waals surface area contributed by atoms with Gasteiger partial charge in [0.05, 0.1) is 7.11 Å². The molecule has 0 aromatic heterocycles. The van der Waals surface area contributed by atoms with Gasteiger partial charge in [-0.3, -0.25) is 14.4 Å². The van der Waals surface area contributed by atoms with E-state index in [0.29, 0.717) is 18.4 Å². The fourth-order valence-electron chi connectivity index (χ4n) is 3.90. The zero-order valence-corrected chi connectivity index (χ0v) is 18.6. The Kier molecular flexibility index (Phi) is 7.92. The number of carbonyl (C=O) groups excluding carboxylic acids is 4. The van der Waals surface area contributed by atoms with Crippen LogP contribution in [0.25, 0.3) is 0 Å². The van der Waals surface area contributed by atoms with Gasteiger partial charge in [-0.25, -0.2) is 14.1 Å². The second-order valence-electron chi connectivity index (χ2n) is 8.62. The van der Waals surface area contributed by atoms with Crippen molar-refractivity contribution in [2.75, 3.05) is 13.7 Å². The fraction of sp³-hybridized carbons (Fsp3) is 0.565. The topological polar surface area (TPSA) is 90.0 Å². The standard InChI is InChI=1S/C23H30FNO6/c1-6-17(26)19(21(28)30-5)18(14-9-11-15(24)12-10-14)16-8-7-13-25(20(16)27)22(29)31-23(2,3)4/h9-12,16,18-19H,6-8,13H2,1-5H3. The van der Waals surface area contributed by atoms with E-state index in [4.69, 9.17) is 9.47 Å². The average Bonchev–Trinajstić information content (AvgIpc) is 2.71. The molecule has 1 heterocycles. The van der Waals surface area contributed by atoms with E-state index in [1.165, 1.54) is 31.4 Å². The zero-order chi connectivity index (χ0) is 23.3. The second kappa shape index (κ2) is 10.0. The Hall–Kier alpha value is -2.77. The summed E-state index contributed by atoms with van der Waals surface area (Å²) in [5, 5.41) is 0. The molecule has 8 heteroatoms. The van der Waals surface area contributed by atoms with Gasteiger partial charge in [0, 0.05) is 24.8 Å². The van der Waals surface area contributed by atoms with Gasteiger partial charge >= 0.3 is 12.1 Å². The monoisotopic (exact) mass is 435 g/mol. The predicted octanol–water partition coefficient (Wildman–Crippen LogP) is 3.85. The zero-order valence-electron chi connectivity index (χ0n) is 18.6. The van der Waals surface area contributed by atoms with Crippen LogP contribution in [0.2, 0.25) is 0 Å². The van der Waals surface area contributed by atoms with Crippen molar-refractivity contribution in [1.82, 2.24) is 4.90 Å². The molecule has 1 aliphatic rings. The summed E-state index contributed by atoms with van der Waals surface area (Å²) in [4.78, 5) is 52.3. The number of esters is 1. The summed E-state index contributed by atoms with van der Waals surface area (Å²) in [5.74, 6) is -5.12. The number of likely N-dealkylation sites (tertiary alicyclic amines) is 1. The quantitative estimate of drug-likeness (QED) is 0.498. The molecule has 1 fully saturated rings. The van der Waals surface area contributed by atoms with Crippen LogP contribution < -0.4 is 0 Å². The van der Waals surface area contributed by atoms with Gasteiger partial charge in [-0.05, 0) is 51.3 Å². The molecule has 2 amide bonds. The third-order valence-electron chi connectivity index (χ3n) is 5.29.